The van der Waals surface area contributed by atoms with Crippen LogP contribution in [0.25, 0.3) is 10.2 Å². The molecule has 3 aromatic rings. The third-order valence-electron chi connectivity index (χ3n) is 4.45. The Morgan fingerprint density at radius 1 is 1.19 bits per heavy atom. The molecule has 2 heterocycles. The summed E-state index contributed by atoms with van der Waals surface area (Å²) in [5.74, 6) is 0. The molecule has 0 atom stereocenters. The minimum atomic E-state index is -4.48. The fourth-order valence-electron chi connectivity index (χ4n) is 3.21. The van der Waals surface area contributed by atoms with E-state index in [1.54, 1.807) is 0 Å². The van der Waals surface area contributed by atoms with Crippen molar-refractivity contribution in [1.29, 1.82) is 0 Å². The van der Waals surface area contributed by atoms with E-state index in [0.29, 0.717) is 10.2 Å². The Labute approximate surface area is 150 Å². The van der Waals surface area contributed by atoms with Gasteiger partial charge in [0.15, 0.2) is 0 Å². The van der Waals surface area contributed by atoms with Crippen LogP contribution in [-0.2, 0) is 19.0 Å². The van der Waals surface area contributed by atoms with Gasteiger partial charge in [-0.3, -0.25) is 4.79 Å². The Hall–Kier alpha value is -2.48. The Bertz CT molecular complexity index is 1070. The van der Waals surface area contributed by atoms with Gasteiger partial charge in [-0.2, -0.15) is 22.9 Å². The highest BCUT2D eigenvalue weighted by Gasteiger charge is 2.32. The van der Waals surface area contributed by atoms with E-state index in [2.05, 4.69) is 10.1 Å². The largest absolute Gasteiger partial charge is 0.417 e. The summed E-state index contributed by atoms with van der Waals surface area (Å²) >= 11 is 1.52. The van der Waals surface area contributed by atoms with Crippen molar-refractivity contribution in [1.82, 2.24) is 9.66 Å². The van der Waals surface area contributed by atoms with Crippen molar-refractivity contribution in [2.75, 3.05) is 0 Å². The molecule has 0 spiro atoms. The van der Waals surface area contributed by atoms with Gasteiger partial charge >= 0.3 is 6.18 Å². The molecule has 0 saturated heterocycles. The van der Waals surface area contributed by atoms with Crippen molar-refractivity contribution in [3.63, 3.8) is 0 Å². The van der Waals surface area contributed by atoms with E-state index in [0.717, 1.165) is 48.2 Å². The van der Waals surface area contributed by atoms with Gasteiger partial charge in [-0.25, -0.2) is 4.98 Å². The summed E-state index contributed by atoms with van der Waals surface area (Å²) in [6.07, 6.45) is 1.72. The molecule has 134 valence electrons. The molecular weight excluding hydrogens is 363 g/mol. The summed E-state index contributed by atoms with van der Waals surface area (Å²) in [7, 11) is 0. The predicted octanol–water partition coefficient (Wildman–Crippen LogP) is 4.24. The van der Waals surface area contributed by atoms with E-state index in [9.17, 15) is 18.0 Å². The van der Waals surface area contributed by atoms with Crippen molar-refractivity contribution in [2.45, 2.75) is 31.9 Å². The van der Waals surface area contributed by atoms with Crippen molar-refractivity contribution in [3.8, 4) is 0 Å². The highest BCUT2D eigenvalue weighted by Crippen LogP contribution is 2.33. The molecule has 0 aliphatic heterocycles. The van der Waals surface area contributed by atoms with Crippen LogP contribution in [0.5, 0.6) is 0 Å². The molecule has 0 saturated carbocycles. The number of hydrogen-bond acceptors (Lipinski definition) is 4. The molecule has 1 aliphatic rings. The first-order chi connectivity index (χ1) is 12.4. The Morgan fingerprint density at radius 3 is 2.77 bits per heavy atom. The van der Waals surface area contributed by atoms with Gasteiger partial charge in [-0.1, -0.05) is 18.2 Å². The number of nitrogens with zero attached hydrogens (tertiary/aromatic N) is 3. The van der Waals surface area contributed by atoms with Crippen molar-refractivity contribution < 1.29 is 13.2 Å². The lowest BCUT2D eigenvalue weighted by molar-refractivity contribution is -0.137. The summed E-state index contributed by atoms with van der Waals surface area (Å²) in [5, 5.41) is 4.50. The number of hydrogen-bond donors (Lipinski definition) is 0. The van der Waals surface area contributed by atoms with Gasteiger partial charge in [0.25, 0.3) is 5.56 Å². The van der Waals surface area contributed by atoms with E-state index in [-0.39, 0.29) is 11.1 Å². The van der Waals surface area contributed by atoms with Crippen LogP contribution in [0.15, 0.2) is 40.5 Å². The number of thiophene rings is 1. The molecule has 0 amide bonds. The lowest BCUT2D eigenvalue weighted by Gasteiger charge is -2.10. The van der Waals surface area contributed by atoms with Gasteiger partial charge in [0.05, 0.1) is 17.2 Å². The number of rotatable bonds is 2. The third-order valence-corrected chi connectivity index (χ3v) is 5.65. The van der Waals surface area contributed by atoms with E-state index < -0.39 is 11.7 Å². The molecule has 1 aliphatic carbocycles. The van der Waals surface area contributed by atoms with Gasteiger partial charge in [0, 0.05) is 10.4 Å². The molecular formula is C18H14F3N3OS. The second-order valence-electron chi connectivity index (χ2n) is 6.11. The molecule has 1 aromatic carbocycles. The maximum atomic E-state index is 13.1. The first kappa shape index (κ1) is 17.0. The zero-order valence-corrected chi connectivity index (χ0v) is 14.4. The van der Waals surface area contributed by atoms with Crippen LogP contribution in [0, 0.1) is 0 Å². The third kappa shape index (κ3) is 2.94. The Balaban J connectivity index is 1.78. The topological polar surface area (TPSA) is 47.2 Å². The molecule has 0 bridgehead atoms. The summed E-state index contributed by atoms with van der Waals surface area (Å²) < 4.78 is 40.2. The lowest BCUT2D eigenvalue weighted by atomic mass is 9.97. The minimum absolute atomic E-state index is 0.0978. The number of alkyl halides is 3. The number of aryl methyl sites for hydroxylation is 2. The number of benzene rings is 1. The van der Waals surface area contributed by atoms with Crippen LogP contribution >= 0.6 is 11.3 Å². The average molecular weight is 377 g/mol. The monoisotopic (exact) mass is 377 g/mol. The van der Waals surface area contributed by atoms with Crippen LogP contribution in [0.3, 0.4) is 0 Å². The summed E-state index contributed by atoms with van der Waals surface area (Å²) in [6.45, 7) is 0. The minimum Gasteiger partial charge on any atom is -0.267 e. The Kier molecular flexibility index (Phi) is 4.14. The molecule has 26 heavy (non-hydrogen) atoms. The second kappa shape index (κ2) is 6.35. The quantitative estimate of drug-likeness (QED) is 0.627. The standard InChI is InChI=1S/C18H14F3N3OS/c19-18(20,21)13-7-3-1-5-11(13)9-23-24-10-22-16-15(17(24)25)12-6-2-4-8-14(12)26-16/h1,3,5,7,9-10H,2,4,6,8H2. The summed E-state index contributed by atoms with van der Waals surface area (Å²) in [6, 6.07) is 5.12. The molecule has 0 radical (unpaired) electrons. The summed E-state index contributed by atoms with van der Waals surface area (Å²) in [5.41, 5.74) is -0.206. The van der Waals surface area contributed by atoms with Crippen LogP contribution in [0.2, 0.25) is 0 Å². The predicted molar refractivity (Wildman–Crippen MR) is 95.0 cm³/mol. The number of aromatic nitrogens is 2. The lowest BCUT2D eigenvalue weighted by Crippen LogP contribution is -2.18. The van der Waals surface area contributed by atoms with Gasteiger partial charge in [-0.05, 0) is 37.3 Å². The number of fused-ring (bicyclic) bond motifs is 3. The van der Waals surface area contributed by atoms with E-state index in [1.165, 1.54) is 40.7 Å². The number of halogens is 3. The van der Waals surface area contributed by atoms with Gasteiger partial charge in [0.1, 0.15) is 11.2 Å². The van der Waals surface area contributed by atoms with E-state index in [1.807, 2.05) is 0 Å². The average Bonchev–Trinajstić information content (AvgIpc) is 3.00. The smallest absolute Gasteiger partial charge is 0.267 e. The van der Waals surface area contributed by atoms with Crippen LogP contribution in [0.4, 0.5) is 13.2 Å². The zero-order valence-electron chi connectivity index (χ0n) is 13.6. The van der Waals surface area contributed by atoms with Crippen LogP contribution in [-0.4, -0.2) is 15.9 Å². The Morgan fingerprint density at radius 2 is 1.96 bits per heavy atom. The summed E-state index contributed by atoms with van der Waals surface area (Å²) in [4.78, 5) is 18.9. The highest BCUT2D eigenvalue weighted by atomic mass is 32.1. The first-order valence-corrected chi connectivity index (χ1v) is 8.99. The van der Waals surface area contributed by atoms with Crippen molar-refractivity contribution in [2.24, 2.45) is 5.10 Å². The first-order valence-electron chi connectivity index (χ1n) is 8.17. The van der Waals surface area contributed by atoms with Crippen molar-refractivity contribution in [3.05, 3.63) is 62.5 Å². The second-order valence-corrected chi connectivity index (χ2v) is 7.20. The maximum Gasteiger partial charge on any atom is 0.417 e. The van der Waals surface area contributed by atoms with Gasteiger partial charge in [0.2, 0.25) is 0 Å². The van der Waals surface area contributed by atoms with Gasteiger partial charge in [-0.15, -0.1) is 11.3 Å². The van der Waals surface area contributed by atoms with Crippen LogP contribution in [0.1, 0.15) is 34.4 Å². The van der Waals surface area contributed by atoms with Crippen LogP contribution < -0.4 is 5.56 Å². The molecule has 0 fully saturated rings. The van der Waals surface area contributed by atoms with E-state index in [4.69, 9.17) is 0 Å². The molecule has 4 nitrogen and oxygen atoms in total. The normalized spacial score (nSPS) is 14.9. The SMILES string of the molecule is O=c1c2c3c(sc2ncn1N=Cc1ccccc1C(F)(F)F)CCCC3. The fourth-order valence-corrected chi connectivity index (χ4v) is 4.43. The maximum absolute atomic E-state index is 13.1. The van der Waals surface area contributed by atoms with Crippen molar-refractivity contribution >= 4 is 27.8 Å². The van der Waals surface area contributed by atoms with Gasteiger partial charge < -0.3 is 0 Å². The molecule has 4 rings (SSSR count). The van der Waals surface area contributed by atoms with E-state index >= 15 is 0 Å². The zero-order chi connectivity index (χ0) is 18.3. The highest BCUT2D eigenvalue weighted by molar-refractivity contribution is 7.18. The molecule has 0 N–H and O–H groups in total. The molecule has 8 heteroatoms. The fraction of sp³-hybridized carbons (Fsp3) is 0.278. The molecule has 2 aromatic heterocycles. The molecule has 0 unspecified atom stereocenters.